The van der Waals surface area contributed by atoms with Gasteiger partial charge in [-0.15, -0.1) is 0 Å². The van der Waals surface area contributed by atoms with Crippen LogP contribution >= 0.6 is 0 Å². The van der Waals surface area contributed by atoms with Crippen LogP contribution in [-0.4, -0.2) is 32.1 Å². The van der Waals surface area contributed by atoms with Crippen molar-refractivity contribution in [3.63, 3.8) is 0 Å². The Bertz CT molecular complexity index is 794. The Morgan fingerprint density at radius 3 is 1.96 bits per heavy atom. The number of rotatable bonds is 8. The molecule has 0 N–H and O–H groups in total. The zero-order chi connectivity index (χ0) is 18.6. The molecule has 2 rings (SSSR count). The second kappa shape index (κ2) is 7.97. The summed E-state index contributed by atoms with van der Waals surface area (Å²) in [6.45, 7) is 9.01. The van der Waals surface area contributed by atoms with Crippen molar-refractivity contribution >= 4 is 16.3 Å². The van der Waals surface area contributed by atoms with Crippen molar-refractivity contribution in [1.29, 1.82) is 0 Å². The summed E-state index contributed by atoms with van der Waals surface area (Å²) in [6, 6.07) is 9.84. The van der Waals surface area contributed by atoms with E-state index in [9.17, 15) is 13.2 Å². The van der Waals surface area contributed by atoms with Crippen LogP contribution in [0.25, 0.3) is 11.3 Å². The molecule has 0 unspecified atom stereocenters. The van der Waals surface area contributed by atoms with E-state index in [2.05, 4.69) is 0 Å². The van der Waals surface area contributed by atoms with E-state index in [0.717, 1.165) is 5.56 Å². The first-order valence-electron chi connectivity index (χ1n) is 8.39. The Kier molecular flexibility index (Phi) is 6.19. The lowest BCUT2D eigenvalue weighted by Gasteiger charge is -2.25. The third-order valence-corrected chi connectivity index (χ3v) is 5.50. The normalized spacial score (nSPS) is 12.3. The van der Waals surface area contributed by atoms with Crippen LogP contribution in [0.1, 0.15) is 38.2 Å². The Balaban J connectivity index is 2.30. The van der Waals surface area contributed by atoms with Gasteiger partial charge in [-0.25, -0.2) is 8.42 Å². The van der Waals surface area contributed by atoms with Crippen molar-refractivity contribution in [2.24, 2.45) is 11.8 Å². The summed E-state index contributed by atoms with van der Waals surface area (Å²) in [4.78, 5) is 11.0. The number of carbonyl (C=O) groups is 1. The van der Waals surface area contributed by atoms with E-state index < -0.39 is 10.0 Å². The monoisotopic (exact) mass is 363 g/mol. The molecule has 6 heteroatoms. The Morgan fingerprint density at radius 2 is 1.52 bits per heavy atom. The molecule has 1 heterocycles. The van der Waals surface area contributed by atoms with Gasteiger partial charge in [-0.1, -0.05) is 27.7 Å². The molecule has 0 aliphatic carbocycles. The lowest BCUT2D eigenvalue weighted by atomic mass is 10.2. The highest BCUT2D eigenvalue weighted by atomic mass is 32.2. The van der Waals surface area contributed by atoms with Gasteiger partial charge in [0.1, 0.15) is 5.76 Å². The topological polar surface area (TPSA) is 67.6 Å². The number of furan rings is 1. The molecule has 136 valence electrons. The average molecular weight is 363 g/mol. The fourth-order valence-electron chi connectivity index (χ4n) is 2.60. The van der Waals surface area contributed by atoms with E-state index in [0.29, 0.717) is 25.1 Å². The zero-order valence-corrected chi connectivity index (χ0v) is 15.9. The molecule has 0 radical (unpaired) electrons. The van der Waals surface area contributed by atoms with E-state index in [1.54, 1.807) is 40.7 Å². The molecule has 0 aliphatic rings. The number of benzene rings is 1. The molecule has 0 amide bonds. The van der Waals surface area contributed by atoms with Crippen LogP contribution in [0.5, 0.6) is 0 Å². The minimum absolute atomic E-state index is 0.242. The summed E-state index contributed by atoms with van der Waals surface area (Å²) in [5.74, 6) is 1.27. The second-order valence-electron chi connectivity index (χ2n) is 6.95. The lowest BCUT2D eigenvalue weighted by Crippen LogP contribution is -2.37. The first kappa shape index (κ1) is 19.4. The number of nitrogens with zero attached hydrogens (tertiary/aromatic N) is 1. The van der Waals surface area contributed by atoms with E-state index in [1.807, 2.05) is 27.7 Å². The predicted molar refractivity (Wildman–Crippen MR) is 98.0 cm³/mol. The fraction of sp³-hybridized carbons (Fsp3) is 0.421. The van der Waals surface area contributed by atoms with Crippen molar-refractivity contribution in [2.45, 2.75) is 32.6 Å². The van der Waals surface area contributed by atoms with Gasteiger partial charge in [0.15, 0.2) is 12.0 Å². The van der Waals surface area contributed by atoms with Gasteiger partial charge < -0.3 is 4.42 Å². The standard InChI is InChI=1S/C19H25NO4S/c1-14(2)11-20(12-15(3)4)25(22,23)18-8-5-16(6-9-18)19-10-7-17(13-21)24-19/h5-10,13-15H,11-12H2,1-4H3. The molecule has 0 fully saturated rings. The van der Waals surface area contributed by atoms with Crippen molar-refractivity contribution < 1.29 is 17.6 Å². The van der Waals surface area contributed by atoms with E-state index in [-0.39, 0.29) is 22.5 Å². The summed E-state index contributed by atoms with van der Waals surface area (Å²) in [5, 5.41) is 0. The number of hydrogen-bond acceptors (Lipinski definition) is 4. The third-order valence-electron chi connectivity index (χ3n) is 3.66. The molecular weight excluding hydrogens is 338 g/mol. The van der Waals surface area contributed by atoms with E-state index >= 15 is 0 Å². The summed E-state index contributed by atoms with van der Waals surface area (Å²) in [6.07, 6.45) is 0.637. The van der Waals surface area contributed by atoms with Gasteiger partial charge >= 0.3 is 0 Å². The first-order chi connectivity index (χ1) is 11.7. The maximum atomic E-state index is 13.0. The highest BCUT2D eigenvalue weighted by molar-refractivity contribution is 7.89. The summed E-state index contributed by atoms with van der Waals surface area (Å²) in [7, 11) is -3.54. The number of carbonyl (C=O) groups excluding carboxylic acids is 1. The van der Waals surface area contributed by atoms with Crippen molar-refractivity contribution in [1.82, 2.24) is 4.31 Å². The van der Waals surface area contributed by atoms with Crippen LogP contribution in [0.3, 0.4) is 0 Å². The Hall–Kier alpha value is -1.92. The smallest absolute Gasteiger partial charge is 0.243 e. The summed E-state index contributed by atoms with van der Waals surface area (Å²) >= 11 is 0. The second-order valence-corrected chi connectivity index (χ2v) is 8.89. The molecule has 0 saturated carbocycles. The zero-order valence-electron chi connectivity index (χ0n) is 15.1. The maximum absolute atomic E-state index is 13.0. The molecule has 0 atom stereocenters. The van der Waals surface area contributed by atoms with Crippen molar-refractivity contribution in [2.75, 3.05) is 13.1 Å². The molecule has 0 bridgehead atoms. The van der Waals surface area contributed by atoms with Crippen LogP contribution in [0.4, 0.5) is 0 Å². The SMILES string of the molecule is CC(C)CN(CC(C)C)S(=O)(=O)c1ccc(-c2ccc(C=O)o2)cc1. The molecule has 25 heavy (non-hydrogen) atoms. The fourth-order valence-corrected chi connectivity index (χ4v) is 4.36. The number of aldehydes is 1. The minimum Gasteiger partial charge on any atom is -0.453 e. The van der Waals surface area contributed by atoms with E-state index in [4.69, 9.17) is 4.42 Å². The minimum atomic E-state index is -3.54. The van der Waals surface area contributed by atoms with Crippen molar-refractivity contribution in [3.05, 3.63) is 42.2 Å². The molecule has 1 aromatic heterocycles. The Labute approximate surface area is 149 Å². The van der Waals surface area contributed by atoms with Gasteiger partial charge in [0.05, 0.1) is 4.90 Å². The van der Waals surface area contributed by atoms with Gasteiger partial charge in [0.25, 0.3) is 0 Å². The van der Waals surface area contributed by atoms with Crippen LogP contribution in [0.2, 0.25) is 0 Å². The van der Waals surface area contributed by atoms with Gasteiger partial charge in [-0.05, 0) is 48.2 Å². The Morgan fingerprint density at radius 1 is 0.960 bits per heavy atom. The van der Waals surface area contributed by atoms with E-state index in [1.165, 1.54) is 0 Å². The summed E-state index contributed by atoms with van der Waals surface area (Å²) < 4.78 is 32.8. The highest BCUT2D eigenvalue weighted by Crippen LogP contribution is 2.25. The molecule has 0 aliphatic heterocycles. The van der Waals surface area contributed by atoms with Gasteiger partial charge in [-0.3, -0.25) is 4.79 Å². The largest absolute Gasteiger partial charge is 0.453 e. The summed E-state index contributed by atoms with van der Waals surface area (Å²) in [5.41, 5.74) is 0.728. The average Bonchev–Trinajstić information content (AvgIpc) is 3.02. The lowest BCUT2D eigenvalue weighted by molar-refractivity contribution is 0.110. The van der Waals surface area contributed by atoms with Gasteiger partial charge in [-0.2, -0.15) is 4.31 Å². The molecule has 2 aromatic rings. The van der Waals surface area contributed by atoms with Crippen LogP contribution in [0, 0.1) is 11.8 Å². The van der Waals surface area contributed by atoms with Crippen LogP contribution in [-0.2, 0) is 10.0 Å². The predicted octanol–water partition coefficient (Wildman–Crippen LogP) is 4.06. The third kappa shape index (κ3) is 4.80. The number of sulfonamides is 1. The van der Waals surface area contributed by atoms with Crippen LogP contribution in [0.15, 0.2) is 45.7 Å². The van der Waals surface area contributed by atoms with Gasteiger partial charge in [0.2, 0.25) is 10.0 Å². The molecule has 5 nitrogen and oxygen atoms in total. The molecule has 0 spiro atoms. The highest BCUT2D eigenvalue weighted by Gasteiger charge is 2.25. The quantitative estimate of drug-likeness (QED) is 0.663. The van der Waals surface area contributed by atoms with Gasteiger partial charge in [0, 0.05) is 18.7 Å². The number of hydrogen-bond donors (Lipinski definition) is 0. The first-order valence-corrected chi connectivity index (χ1v) is 9.83. The molecule has 1 aromatic carbocycles. The molecular formula is C19H25NO4S. The van der Waals surface area contributed by atoms with Crippen LogP contribution < -0.4 is 0 Å². The maximum Gasteiger partial charge on any atom is 0.243 e. The molecule has 0 saturated heterocycles. The van der Waals surface area contributed by atoms with Crippen molar-refractivity contribution in [3.8, 4) is 11.3 Å².